The monoisotopic (exact) mass is 213 g/mol. The van der Waals surface area contributed by atoms with E-state index in [0.717, 1.165) is 31.6 Å². The zero-order valence-corrected chi connectivity index (χ0v) is 10.4. The van der Waals surface area contributed by atoms with Crippen LogP contribution in [0.4, 0.5) is 0 Å². The molecule has 0 saturated carbocycles. The van der Waals surface area contributed by atoms with Crippen LogP contribution in [0.2, 0.25) is 0 Å². The molecular formula is C13H27NO. The van der Waals surface area contributed by atoms with Gasteiger partial charge in [-0.25, -0.2) is 0 Å². The van der Waals surface area contributed by atoms with Crippen LogP contribution in [0.25, 0.3) is 0 Å². The van der Waals surface area contributed by atoms with Crippen LogP contribution in [0.15, 0.2) is 0 Å². The van der Waals surface area contributed by atoms with E-state index in [-0.39, 0.29) is 0 Å². The molecule has 1 fully saturated rings. The van der Waals surface area contributed by atoms with Gasteiger partial charge >= 0.3 is 0 Å². The minimum Gasteiger partial charge on any atom is -0.381 e. The lowest BCUT2D eigenvalue weighted by molar-refractivity contribution is 0.185. The van der Waals surface area contributed by atoms with Crippen LogP contribution in [0, 0.1) is 11.8 Å². The molecule has 0 aliphatic carbocycles. The summed E-state index contributed by atoms with van der Waals surface area (Å²) in [5.74, 6) is 1.65. The SMILES string of the molecule is CCCCC(CC)CNCC1CCOC1. The van der Waals surface area contributed by atoms with E-state index in [9.17, 15) is 0 Å². The summed E-state index contributed by atoms with van der Waals surface area (Å²) in [6, 6.07) is 0. The van der Waals surface area contributed by atoms with Gasteiger partial charge in [0.05, 0.1) is 6.61 Å². The second kappa shape index (κ2) is 8.12. The first-order valence-corrected chi connectivity index (χ1v) is 6.65. The maximum Gasteiger partial charge on any atom is 0.0507 e. The maximum absolute atomic E-state index is 5.37. The fourth-order valence-corrected chi connectivity index (χ4v) is 2.18. The number of nitrogens with one attached hydrogen (secondary N) is 1. The molecule has 0 bridgehead atoms. The van der Waals surface area contributed by atoms with Crippen molar-refractivity contribution >= 4 is 0 Å². The smallest absolute Gasteiger partial charge is 0.0507 e. The van der Waals surface area contributed by atoms with Crippen LogP contribution in [0.1, 0.15) is 46.0 Å². The van der Waals surface area contributed by atoms with E-state index < -0.39 is 0 Å². The molecule has 2 atom stereocenters. The number of hydrogen-bond donors (Lipinski definition) is 1. The predicted molar refractivity (Wildman–Crippen MR) is 65.1 cm³/mol. The van der Waals surface area contributed by atoms with E-state index in [1.54, 1.807) is 0 Å². The van der Waals surface area contributed by atoms with E-state index in [0.29, 0.717) is 0 Å². The lowest BCUT2D eigenvalue weighted by atomic mass is 9.99. The molecule has 2 unspecified atom stereocenters. The molecular weight excluding hydrogens is 186 g/mol. The van der Waals surface area contributed by atoms with Gasteiger partial charge in [0, 0.05) is 13.2 Å². The first-order chi connectivity index (χ1) is 7.36. The average molecular weight is 213 g/mol. The number of rotatable bonds is 8. The molecule has 1 saturated heterocycles. The number of hydrogen-bond acceptors (Lipinski definition) is 2. The van der Waals surface area contributed by atoms with Crippen LogP contribution in [-0.2, 0) is 4.74 Å². The fraction of sp³-hybridized carbons (Fsp3) is 1.00. The van der Waals surface area contributed by atoms with Crippen LogP contribution < -0.4 is 5.32 Å². The summed E-state index contributed by atoms with van der Waals surface area (Å²) >= 11 is 0. The molecule has 0 radical (unpaired) electrons. The average Bonchev–Trinajstić information content (AvgIpc) is 2.76. The maximum atomic E-state index is 5.37. The van der Waals surface area contributed by atoms with Gasteiger partial charge in [0.1, 0.15) is 0 Å². The first kappa shape index (κ1) is 13.0. The summed E-state index contributed by atoms with van der Waals surface area (Å²) in [6.07, 6.45) is 6.66. The van der Waals surface area contributed by atoms with E-state index >= 15 is 0 Å². The van der Waals surface area contributed by atoms with Crippen LogP contribution in [0.5, 0.6) is 0 Å². The van der Waals surface area contributed by atoms with Gasteiger partial charge in [0.2, 0.25) is 0 Å². The molecule has 1 N–H and O–H groups in total. The van der Waals surface area contributed by atoms with Crippen molar-refractivity contribution < 1.29 is 4.74 Å². The molecule has 15 heavy (non-hydrogen) atoms. The van der Waals surface area contributed by atoms with Crippen LogP contribution in [0.3, 0.4) is 0 Å². The summed E-state index contributed by atoms with van der Waals surface area (Å²) in [5, 5.41) is 3.61. The van der Waals surface area contributed by atoms with Crippen molar-refractivity contribution in [2.75, 3.05) is 26.3 Å². The Morgan fingerprint density at radius 1 is 1.40 bits per heavy atom. The Morgan fingerprint density at radius 3 is 2.87 bits per heavy atom. The highest BCUT2D eigenvalue weighted by Crippen LogP contribution is 2.13. The second-order valence-corrected chi connectivity index (χ2v) is 4.80. The van der Waals surface area contributed by atoms with Gasteiger partial charge in [0.25, 0.3) is 0 Å². The largest absolute Gasteiger partial charge is 0.381 e. The van der Waals surface area contributed by atoms with Crippen molar-refractivity contribution in [1.29, 1.82) is 0 Å². The summed E-state index contributed by atoms with van der Waals surface area (Å²) in [6.45, 7) is 8.88. The number of unbranched alkanes of at least 4 members (excludes halogenated alkanes) is 1. The lowest BCUT2D eigenvalue weighted by Gasteiger charge is -2.16. The highest BCUT2D eigenvalue weighted by molar-refractivity contribution is 4.68. The molecule has 1 heterocycles. The van der Waals surface area contributed by atoms with Gasteiger partial charge < -0.3 is 10.1 Å². The third-order valence-corrected chi connectivity index (χ3v) is 3.43. The van der Waals surface area contributed by atoms with Gasteiger partial charge in [0.15, 0.2) is 0 Å². The van der Waals surface area contributed by atoms with Crippen LogP contribution >= 0.6 is 0 Å². The molecule has 0 amide bonds. The third-order valence-electron chi connectivity index (χ3n) is 3.43. The Balaban J connectivity index is 2.00. The van der Waals surface area contributed by atoms with Gasteiger partial charge in [-0.05, 0) is 31.2 Å². The minimum absolute atomic E-state index is 0.772. The van der Waals surface area contributed by atoms with Crippen LogP contribution in [-0.4, -0.2) is 26.3 Å². The molecule has 2 nitrogen and oxygen atoms in total. The molecule has 1 aliphatic heterocycles. The normalized spacial score (nSPS) is 23.2. The van der Waals surface area contributed by atoms with Crippen molar-refractivity contribution in [3.8, 4) is 0 Å². The van der Waals surface area contributed by atoms with Crippen molar-refractivity contribution in [3.05, 3.63) is 0 Å². The summed E-state index contributed by atoms with van der Waals surface area (Å²) in [7, 11) is 0. The fourth-order valence-electron chi connectivity index (χ4n) is 2.18. The summed E-state index contributed by atoms with van der Waals surface area (Å²) < 4.78 is 5.37. The van der Waals surface area contributed by atoms with Gasteiger partial charge in [-0.15, -0.1) is 0 Å². The van der Waals surface area contributed by atoms with Gasteiger partial charge in [-0.2, -0.15) is 0 Å². The molecule has 2 heteroatoms. The molecule has 0 spiro atoms. The van der Waals surface area contributed by atoms with Gasteiger partial charge in [-0.1, -0.05) is 33.1 Å². The summed E-state index contributed by atoms with van der Waals surface area (Å²) in [4.78, 5) is 0. The first-order valence-electron chi connectivity index (χ1n) is 6.65. The molecule has 1 aliphatic rings. The van der Waals surface area contributed by atoms with E-state index in [2.05, 4.69) is 19.2 Å². The topological polar surface area (TPSA) is 21.3 Å². The Hall–Kier alpha value is -0.0800. The zero-order valence-electron chi connectivity index (χ0n) is 10.4. The minimum atomic E-state index is 0.772. The van der Waals surface area contributed by atoms with Crippen molar-refractivity contribution in [2.45, 2.75) is 46.0 Å². The van der Waals surface area contributed by atoms with E-state index in [1.807, 2.05) is 0 Å². The Bertz CT molecular complexity index is 143. The quantitative estimate of drug-likeness (QED) is 0.669. The molecule has 90 valence electrons. The van der Waals surface area contributed by atoms with Crippen molar-refractivity contribution in [3.63, 3.8) is 0 Å². The molecule has 1 rings (SSSR count). The standard InChI is InChI=1S/C13H27NO/c1-3-5-6-12(4-2)9-14-10-13-7-8-15-11-13/h12-14H,3-11H2,1-2H3. The third kappa shape index (κ3) is 5.53. The Morgan fingerprint density at radius 2 is 2.27 bits per heavy atom. The van der Waals surface area contributed by atoms with Crippen molar-refractivity contribution in [2.24, 2.45) is 11.8 Å². The Kier molecular flexibility index (Phi) is 7.03. The molecule has 0 aromatic carbocycles. The van der Waals surface area contributed by atoms with Gasteiger partial charge in [-0.3, -0.25) is 0 Å². The highest BCUT2D eigenvalue weighted by Gasteiger charge is 2.15. The predicted octanol–water partition coefficient (Wildman–Crippen LogP) is 2.83. The van der Waals surface area contributed by atoms with E-state index in [1.165, 1.54) is 38.6 Å². The van der Waals surface area contributed by atoms with E-state index in [4.69, 9.17) is 4.74 Å². The molecule has 0 aromatic heterocycles. The Labute approximate surface area is 94.8 Å². The zero-order chi connectivity index (χ0) is 10.9. The lowest BCUT2D eigenvalue weighted by Crippen LogP contribution is -2.28. The highest BCUT2D eigenvalue weighted by atomic mass is 16.5. The second-order valence-electron chi connectivity index (χ2n) is 4.80. The summed E-state index contributed by atoms with van der Waals surface area (Å²) in [5.41, 5.74) is 0. The van der Waals surface area contributed by atoms with Crippen molar-refractivity contribution in [1.82, 2.24) is 5.32 Å². The molecule has 0 aromatic rings. The number of ether oxygens (including phenoxy) is 1.